The summed E-state index contributed by atoms with van der Waals surface area (Å²) in [4.78, 5) is 4.58. The monoisotopic (exact) mass is 277 g/mol. The fourth-order valence-corrected chi connectivity index (χ4v) is 2.76. The molecule has 3 heteroatoms. The van der Waals surface area contributed by atoms with E-state index in [2.05, 4.69) is 54.6 Å². The molecular formula is C18H19N3. The summed E-state index contributed by atoms with van der Waals surface area (Å²) in [6, 6.07) is 16.6. The van der Waals surface area contributed by atoms with Gasteiger partial charge in [-0.05, 0) is 36.4 Å². The second kappa shape index (κ2) is 5.64. The molecule has 1 unspecified atom stereocenters. The third-order valence-electron chi connectivity index (χ3n) is 3.89. The lowest BCUT2D eigenvalue weighted by molar-refractivity contribution is 0.622. The van der Waals surface area contributed by atoms with E-state index in [-0.39, 0.29) is 6.04 Å². The summed E-state index contributed by atoms with van der Waals surface area (Å²) in [6.45, 7) is 4.19. The standard InChI is InChI=1S/C18H19N3/c1-12-7-8-13(2)16(11-12)18(21-19)17-15-6-4-3-5-14(15)9-10-20-17/h3-11,18,21H,19H2,1-2H3. The number of hydrazine groups is 1. The summed E-state index contributed by atoms with van der Waals surface area (Å²) in [5, 5.41) is 2.30. The van der Waals surface area contributed by atoms with Crippen LogP contribution in [0.5, 0.6) is 0 Å². The van der Waals surface area contributed by atoms with E-state index in [0.29, 0.717) is 0 Å². The molecule has 0 aliphatic heterocycles. The van der Waals surface area contributed by atoms with Gasteiger partial charge in [0, 0.05) is 11.6 Å². The van der Waals surface area contributed by atoms with Crippen LogP contribution in [0, 0.1) is 13.8 Å². The van der Waals surface area contributed by atoms with Gasteiger partial charge < -0.3 is 0 Å². The van der Waals surface area contributed by atoms with Crippen LogP contribution in [0.15, 0.2) is 54.7 Å². The Morgan fingerprint density at radius 1 is 1.05 bits per heavy atom. The Balaban J connectivity index is 2.21. The molecule has 0 saturated carbocycles. The number of pyridine rings is 1. The molecule has 1 atom stereocenters. The highest BCUT2D eigenvalue weighted by molar-refractivity contribution is 5.85. The van der Waals surface area contributed by atoms with E-state index in [0.717, 1.165) is 11.1 Å². The number of hydrogen-bond donors (Lipinski definition) is 2. The first-order valence-corrected chi connectivity index (χ1v) is 7.07. The zero-order valence-electron chi connectivity index (χ0n) is 12.3. The molecule has 1 heterocycles. The predicted molar refractivity (Wildman–Crippen MR) is 86.8 cm³/mol. The number of aryl methyl sites for hydroxylation is 2. The van der Waals surface area contributed by atoms with Gasteiger partial charge in [-0.1, -0.05) is 48.0 Å². The first-order chi connectivity index (χ1) is 10.2. The Bertz CT molecular complexity index is 775. The minimum atomic E-state index is -0.115. The minimum Gasteiger partial charge on any atom is -0.271 e. The summed E-state index contributed by atoms with van der Waals surface area (Å²) < 4.78 is 0. The van der Waals surface area contributed by atoms with Crippen LogP contribution in [0.2, 0.25) is 0 Å². The van der Waals surface area contributed by atoms with Gasteiger partial charge >= 0.3 is 0 Å². The Morgan fingerprint density at radius 2 is 1.86 bits per heavy atom. The number of nitrogens with zero attached hydrogens (tertiary/aromatic N) is 1. The van der Waals surface area contributed by atoms with Crippen LogP contribution in [0.4, 0.5) is 0 Å². The maximum atomic E-state index is 5.86. The van der Waals surface area contributed by atoms with Gasteiger partial charge in [0.25, 0.3) is 0 Å². The van der Waals surface area contributed by atoms with Crippen LogP contribution >= 0.6 is 0 Å². The molecule has 3 rings (SSSR count). The lowest BCUT2D eigenvalue weighted by Crippen LogP contribution is -2.30. The van der Waals surface area contributed by atoms with Gasteiger partial charge in [-0.25, -0.2) is 5.43 Å². The molecule has 0 bridgehead atoms. The SMILES string of the molecule is Cc1ccc(C)c(C(NN)c2nccc3ccccc23)c1. The Hall–Kier alpha value is -2.23. The van der Waals surface area contributed by atoms with Crippen molar-refractivity contribution in [2.45, 2.75) is 19.9 Å². The van der Waals surface area contributed by atoms with Gasteiger partial charge in [0.15, 0.2) is 0 Å². The maximum absolute atomic E-state index is 5.86. The second-order valence-corrected chi connectivity index (χ2v) is 5.38. The van der Waals surface area contributed by atoms with E-state index in [1.165, 1.54) is 22.1 Å². The second-order valence-electron chi connectivity index (χ2n) is 5.38. The lowest BCUT2D eigenvalue weighted by atomic mass is 9.94. The fraction of sp³-hybridized carbons (Fsp3) is 0.167. The summed E-state index contributed by atoms with van der Waals surface area (Å²) in [6.07, 6.45) is 1.84. The first kappa shape index (κ1) is 13.7. The van der Waals surface area contributed by atoms with Crippen molar-refractivity contribution in [1.29, 1.82) is 0 Å². The first-order valence-electron chi connectivity index (χ1n) is 7.07. The molecule has 3 nitrogen and oxygen atoms in total. The normalized spacial score (nSPS) is 12.5. The van der Waals surface area contributed by atoms with Crippen molar-refractivity contribution >= 4 is 10.8 Å². The van der Waals surface area contributed by atoms with Gasteiger partial charge in [0.2, 0.25) is 0 Å². The molecule has 0 saturated heterocycles. The highest BCUT2D eigenvalue weighted by atomic mass is 15.2. The van der Waals surface area contributed by atoms with Crippen molar-refractivity contribution < 1.29 is 0 Å². The fourth-order valence-electron chi connectivity index (χ4n) is 2.76. The zero-order valence-corrected chi connectivity index (χ0v) is 12.3. The lowest BCUT2D eigenvalue weighted by Gasteiger charge is -2.20. The Kier molecular flexibility index (Phi) is 3.69. The van der Waals surface area contributed by atoms with Crippen LogP contribution in [0.1, 0.15) is 28.4 Å². The molecule has 3 N–H and O–H groups in total. The third-order valence-corrected chi connectivity index (χ3v) is 3.89. The maximum Gasteiger partial charge on any atom is 0.0890 e. The molecule has 0 amide bonds. The van der Waals surface area contributed by atoms with Gasteiger partial charge in [0.05, 0.1) is 11.7 Å². The molecule has 0 radical (unpaired) electrons. The van der Waals surface area contributed by atoms with Crippen LogP contribution in [-0.2, 0) is 0 Å². The van der Waals surface area contributed by atoms with Crippen molar-refractivity contribution in [3.8, 4) is 0 Å². The van der Waals surface area contributed by atoms with Gasteiger partial charge in [-0.2, -0.15) is 0 Å². The van der Waals surface area contributed by atoms with Crippen molar-refractivity contribution in [2.24, 2.45) is 5.84 Å². The Labute approximate surface area is 124 Å². The molecule has 0 spiro atoms. The number of rotatable bonds is 3. The molecular weight excluding hydrogens is 258 g/mol. The van der Waals surface area contributed by atoms with E-state index in [1.54, 1.807) is 0 Å². The van der Waals surface area contributed by atoms with Crippen molar-refractivity contribution in [3.63, 3.8) is 0 Å². The topological polar surface area (TPSA) is 50.9 Å². The zero-order chi connectivity index (χ0) is 14.8. The molecule has 21 heavy (non-hydrogen) atoms. The summed E-state index contributed by atoms with van der Waals surface area (Å²) in [7, 11) is 0. The highest BCUT2D eigenvalue weighted by Gasteiger charge is 2.18. The number of hydrogen-bond acceptors (Lipinski definition) is 3. The summed E-state index contributed by atoms with van der Waals surface area (Å²) >= 11 is 0. The summed E-state index contributed by atoms with van der Waals surface area (Å²) in [5.41, 5.74) is 7.49. The molecule has 1 aromatic heterocycles. The van der Waals surface area contributed by atoms with Crippen molar-refractivity contribution in [2.75, 3.05) is 0 Å². The van der Waals surface area contributed by atoms with Crippen molar-refractivity contribution in [1.82, 2.24) is 10.4 Å². The van der Waals surface area contributed by atoms with Crippen LogP contribution in [0.3, 0.4) is 0 Å². The van der Waals surface area contributed by atoms with Gasteiger partial charge in [0.1, 0.15) is 0 Å². The summed E-state index contributed by atoms with van der Waals surface area (Å²) in [5.74, 6) is 5.86. The smallest absolute Gasteiger partial charge is 0.0890 e. The highest BCUT2D eigenvalue weighted by Crippen LogP contribution is 2.28. The molecule has 0 aliphatic carbocycles. The Morgan fingerprint density at radius 3 is 2.67 bits per heavy atom. The third kappa shape index (κ3) is 2.53. The molecule has 0 fully saturated rings. The number of nitrogens with two attached hydrogens (primary N) is 1. The molecule has 2 aromatic carbocycles. The number of nitrogens with one attached hydrogen (secondary N) is 1. The van der Waals surface area contributed by atoms with E-state index in [9.17, 15) is 0 Å². The minimum absolute atomic E-state index is 0.115. The van der Waals surface area contributed by atoms with Gasteiger partial charge in [-0.15, -0.1) is 0 Å². The van der Waals surface area contributed by atoms with Gasteiger partial charge in [-0.3, -0.25) is 10.8 Å². The van der Waals surface area contributed by atoms with E-state index in [4.69, 9.17) is 5.84 Å². The molecule has 106 valence electrons. The molecule has 0 aliphatic rings. The average Bonchev–Trinajstić information content (AvgIpc) is 2.51. The number of aromatic nitrogens is 1. The van der Waals surface area contributed by atoms with Crippen LogP contribution < -0.4 is 11.3 Å². The van der Waals surface area contributed by atoms with Crippen molar-refractivity contribution in [3.05, 3.63) is 77.1 Å². The molecule has 3 aromatic rings. The van der Waals surface area contributed by atoms with E-state index >= 15 is 0 Å². The van der Waals surface area contributed by atoms with Crippen LogP contribution in [0.25, 0.3) is 10.8 Å². The number of fused-ring (bicyclic) bond motifs is 1. The quantitative estimate of drug-likeness (QED) is 0.570. The predicted octanol–water partition coefficient (Wildman–Crippen LogP) is 3.40. The van der Waals surface area contributed by atoms with Crippen LogP contribution in [-0.4, -0.2) is 4.98 Å². The van der Waals surface area contributed by atoms with E-state index < -0.39 is 0 Å². The number of benzene rings is 2. The van der Waals surface area contributed by atoms with E-state index in [1.807, 2.05) is 24.4 Å². The largest absolute Gasteiger partial charge is 0.271 e. The average molecular weight is 277 g/mol.